The quantitative estimate of drug-likeness (QED) is 0.622. The van der Waals surface area contributed by atoms with Crippen LogP contribution in [-0.4, -0.2) is 29.6 Å². The van der Waals surface area contributed by atoms with Gasteiger partial charge in [0.15, 0.2) is 0 Å². The van der Waals surface area contributed by atoms with Gasteiger partial charge in [0.25, 0.3) is 0 Å². The van der Waals surface area contributed by atoms with Crippen LogP contribution in [0.15, 0.2) is 0 Å². The fraction of sp³-hybridized carbons (Fsp3) is 0.833. The predicted molar refractivity (Wildman–Crippen MR) is 66.5 cm³/mol. The van der Waals surface area contributed by atoms with Gasteiger partial charge in [0, 0.05) is 6.54 Å². The molecule has 3 atom stereocenters. The van der Waals surface area contributed by atoms with Gasteiger partial charge in [0.2, 0.25) is 5.91 Å². The number of aliphatic carboxylic acids is 1. The molecule has 5 heteroatoms. The molecular formula is C12H24N2O3. The molecule has 100 valence electrons. The van der Waals surface area contributed by atoms with Gasteiger partial charge in [0.1, 0.15) is 0 Å². The molecule has 0 saturated heterocycles. The first-order chi connectivity index (χ1) is 7.78. The Morgan fingerprint density at radius 1 is 1.41 bits per heavy atom. The van der Waals surface area contributed by atoms with E-state index in [0.29, 0.717) is 6.42 Å². The number of carbonyl (C=O) groups excluding carboxylic acids is 1. The molecule has 0 radical (unpaired) electrons. The first-order valence-corrected chi connectivity index (χ1v) is 6.05. The third kappa shape index (κ3) is 4.34. The lowest BCUT2D eigenvalue weighted by molar-refractivity contribution is -0.148. The van der Waals surface area contributed by atoms with Crippen molar-refractivity contribution in [2.24, 2.45) is 17.1 Å². The van der Waals surface area contributed by atoms with Crippen LogP contribution < -0.4 is 11.1 Å². The molecular weight excluding hydrogens is 220 g/mol. The molecule has 1 amide bonds. The van der Waals surface area contributed by atoms with Crippen molar-refractivity contribution < 1.29 is 14.7 Å². The maximum Gasteiger partial charge on any atom is 0.311 e. The molecule has 1 unspecified atom stereocenters. The van der Waals surface area contributed by atoms with E-state index in [1.54, 1.807) is 13.8 Å². The van der Waals surface area contributed by atoms with Crippen LogP contribution >= 0.6 is 0 Å². The molecule has 4 N–H and O–H groups in total. The van der Waals surface area contributed by atoms with Gasteiger partial charge < -0.3 is 16.2 Å². The summed E-state index contributed by atoms with van der Waals surface area (Å²) in [6, 6.07) is -0.574. The van der Waals surface area contributed by atoms with E-state index in [4.69, 9.17) is 10.8 Å². The van der Waals surface area contributed by atoms with E-state index in [1.165, 1.54) is 0 Å². The van der Waals surface area contributed by atoms with Crippen molar-refractivity contribution >= 4 is 11.9 Å². The summed E-state index contributed by atoms with van der Waals surface area (Å²) in [5, 5.41) is 11.7. The topological polar surface area (TPSA) is 92.4 Å². The van der Waals surface area contributed by atoms with E-state index < -0.39 is 17.4 Å². The average Bonchev–Trinajstić information content (AvgIpc) is 2.33. The van der Waals surface area contributed by atoms with Crippen LogP contribution in [-0.2, 0) is 9.59 Å². The minimum atomic E-state index is -0.926. The number of carbonyl (C=O) groups is 2. The second-order valence-electron chi connectivity index (χ2n) is 4.85. The maximum absolute atomic E-state index is 11.7. The Hall–Kier alpha value is -1.10. The van der Waals surface area contributed by atoms with E-state index in [-0.39, 0.29) is 18.4 Å². The molecule has 0 aliphatic carbocycles. The van der Waals surface area contributed by atoms with Crippen LogP contribution in [0.25, 0.3) is 0 Å². The number of rotatable bonds is 7. The van der Waals surface area contributed by atoms with E-state index in [2.05, 4.69) is 5.32 Å². The second kappa shape index (κ2) is 6.59. The van der Waals surface area contributed by atoms with Crippen LogP contribution in [0.5, 0.6) is 0 Å². The van der Waals surface area contributed by atoms with Gasteiger partial charge >= 0.3 is 5.97 Å². The lowest BCUT2D eigenvalue weighted by Gasteiger charge is -2.25. The predicted octanol–water partition coefficient (Wildman–Crippen LogP) is 0.977. The summed E-state index contributed by atoms with van der Waals surface area (Å²) in [7, 11) is 0. The highest BCUT2D eigenvalue weighted by molar-refractivity contribution is 5.83. The summed E-state index contributed by atoms with van der Waals surface area (Å²) in [6.07, 6.45) is 1.28. The molecule has 5 nitrogen and oxygen atoms in total. The Morgan fingerprint density at radius 3 is 2.29 bits per heavy atom. The molecule has 0 aromatic carbocycles. The summed E-state index contributed by atoms with van der Waals surface area (Å²) >= 11 is 0. The number of hydrogen-bond donors (Lipinski definition) is 3. The van der Waals surface area contributed by atoms with Gasteiger partial charge in [-0.05, 0) is 19.3 Å². The highest BCUT2D eigenvalue weighted by Crippen LogP contribution is 2.20. The number of carboxylic acid groups (broad SMARTS) is 1. The average molecular weight is 244 g/mol. The minimum absolute atomic E-state index is 0.0905. The summed E-state index contributed by atoms with van der Waals surface area (Å²) < 4.78 is 0. The number of carboxylic acids is 1. The zero-order valence-corrected chi connectivity index (χ0v) is 11.1. The van der Waals surface area contributed by atoms with Gasteiger partial charge in [-0.25, -0.2) is 0 Å². The molecule has 17 heavy (non-hydrogen) atoms. The van der Waals surface area contributed by atoms with E-state index in [9.17, 15) is 9.59 Å². The van der Waals surface area contributed by atoms with E-state index >= 15 is 0 Å². The smallest absolute Gasteiger partial charge is 0.311 e. The van der Waals surface area contributed by atoms with Gasteiger partial charge in [-0.1, -0.05) is 27.2 Å². The third-order valence-electron chi connectivity index (χ3n) is 3.51. The van der Waals surface area contributed by atoms with Crippen molar-refractivity contribution in [3.63, 3.8) is 0 Å². The Kier molecular flexibility index (Phi) is 6.16. The number of hydrogen-bond acceptors (Lipinski definition) is 3. The Balaban J connectivity index is 4.37. The standard InChI is InChI=1S/C12H24N2O3/c1-5-8(3)9(13)10(15)14-7-12(4,6-2)11(16)17/h8-9H,5-7,13H2,1-4H3,(H,14,15)(H,16,17)/t8-,9-,12?/m0/s1. The highest BCUT2D eigenvalue weighted by Gasteiger charge is 2.32. The van der Waals surface area contributed by atoms with Gasteiger partial charge in [0.05, 0.1) is 11.5 Å². The van der Waals surface area contributed by atoms with Crippen molar-refractivity contribution in [1.29, 1.82) is 0 Å². The van der Waals surface area contributed by atoms with Crippen molar-refractivity contribution in [3.05, 3.63) is 0 Å². The lowest BCUT2D eigenvalue weighted by Crippen LogP contribution is -2.49. The highest BCUT2D eigenvalue weighted by atomic mass is 16.4. The van der Waals surface area contributed by atoms with Gasteiger partial charge in [-0.15, -0.1) is 0 Å². The summed E-state index contributed by atoms with van der Waals surface area (Å²) in [6.45, 7) is 7.38. The van der Waals surface area contributed by atoms with Crippen LogP contribution in [0.4, 0.5) is 0 Å². The Morgan fingerprint density at radius 2 is 1.94 bits per heavy atom. The maximum atomic E-state index is 11.7. The van der Waals surface area contributed by atoms with E-state index in [0.717, 1.165) is 6.42 Å². The minimum Gasteiger partial charge on any atom is -0.481 e. The fourth-order valence-corrected chi connectivity index (χ4v) is 1.26. The monoisotopic (exact) mass is 244 g/mol. The van der Waals surface area contributed by atoms with E-state index in [1.807, 2.05) is 13.8 Å². The van der Waals surface area contributed by atoms with Gasteiger partial charge in [-0.2, -0.15) is 0 Å². The third-order valence-corrected chi connectivity index (χ3v) is 3.51. The molecule has 0 aromatic heterocycles. The van der Waals surface area contributed by atoms with Crippen molar-refractivity contribution in [2.75, 3.05) is 6.54 Å². The second-order valence-corrected chi connectivity index (χ2v) is 4.85. The summed E-state index contributed by atoms with van der Waals surface area (Å²) in [4.78, 5) is 22.7. The Labute approximate surface area is 103 Å². The molecule has 0 aliphatic heterocycles. The summed E-state index contributed by atoms with van der Waals surface area (Å²) in [5.74, 6) is -1.09. The molecule has 0 bridgehead atoms. The molecule has 0 saturated carbocycles. The van der Waals surface area contributed by atoms with Crippen LogP contribution in [0.2, 0.25) is 0 Å². The normalized spacial score (nSPS) is 17.9. The van der Waals surface area contributed by atoms with Gasteiger partial charge in [-0.3, -0.25) is 9.59 Å². The van der Waals surface area contributed by atoms with Crippen molar-refractivity contribution in [2.45, 2.75) is 46.6 Å². The van der Waals surface area contributed by atoms with Crippen LogP contribution in [0, 0.1) is 11.3 Å². The molecule has 0 aromatic rings. The van der Waals surface area contributed by atoms with Crippen molar-refractivity contribution in [3.8, 4) is 0 Å². The Bertz CT molecular complexity index is 281. The first-order valence-electron chi connectivity index (χ1n) is 6.05. The van der Waals surface area contributed by atoms with Crippen LogP contribution in [0.1, 0.15) is 40.5 Å². The molecule has 0 rings (SSSR count). The lowest BCUT2D eigenvalue weighted by atomic mass is 9.87. The molecule has 0 fully saturated rings. The fourth-order valence-electron chi connectivity index (χ4n) is 1.26. The number of nitrogens with one attached hydrogen (secondary N) is 1. The number of nitrogens with two attached hydrogens (primary N) is 1. The van der Waals surface area contributed by atoms with Crippen molar-refractivity contribution in [1.82, 2.24) is 5.32 Å². The van der Waals surface area contributed by atoms with Crippen LogP contribution in [0.3, 0.4) is 0 Å². The molecule has 0 aliphatic rings. The largest absolute Gasteiger partial charge is 0.481 e. The SMILES string of the molecule is CC[C@H](C)[C@H](N)C(=O)NCC(C)(CC)C(=O)O. The zero-order chi connectivity index (χ0) is 13.6. The zero-order valence-electron chi connectivity index (χ0n) is 11.1. The first kappa shape index (κ1) is 15.9. The molecule has 0 heterocycles. The molecule has 0 spiro atoms. The summed E-state index contributed by atoms with van der Waals surface area (Å²) in [5.41, 5.74) is 4.83. The number of amides is 1.